The molecule has 178 valence electrons. The summed E-state index contributed by atoms with van der Waals surface area (Å²) in [7, 11) is -1.23. The smallest absolute Gasteiger partial charge is 0.262 e. The van der Waals surface area contributed by atoms with Crippen molar-refractivity contribution in [1.29, 1.82) is 0 Å². The normalized spacial score (nSPS) is 14.1. The molecule has 0 aromatic heterocycles. The van der Waals surface area contributed by atoms with Crippen molar-refractivity contribution in [2.45, 2.75) is 18.7 Å². The number of rotatable bonds is 6. The fourth-order valence-electron chi connectivity index (χ4n) is 3.57. The lowest BCUT2D eigenvalue weighted by Crippen LogP contribution is -2.50. The van der Waals surface area contributed by atoms with Crippen LogP contribution in [0.25, 0.3) is 0 Å². The summed E-state index contributed by atoms with van der Waals surface area (Å²) < 4.78 is 39.3. The third-order valence-electron chi connectivity index (χ3n) is 5.46. The van der Waals surface area contributed by atoms with Crippen LogP contribution in [0.2, 0.25) is 5.02 Å². The second-order valence-corrected chi connectivity index (χ2v) is 9.63. The van der Waals surface area contributed by atoms with Gasteiger partial charge in [0.25, 0.3) is 15.9 Å². The van der Waals surface area contributed by atoms with Gasteiger partial charge in [0.05, 0.1) is 29.8 Å². The minimum atomic E-state index is -4.07. The Morgan fingerprint density at radius 3 is 2.15 bits per heavy atom. The number of benzene rings is 2. The molecule has 0 aliphatic carbocycles. The van der Waals surface area contributed by atoms with Gasteiger partial charge in [-0.05, 0) is 30.7 Å². The molecule has 2 amide bonds. The number of halogens is 1. The molecule has 1 aliphatic heterocycles. The van der Waals surface area contributed by atoms with Gasteiger partial charge >= 0.3 is 0 Å². The second kappa shape index (κ2) is 9.88. The Labute approximate surface area is 198 Å². The van der Waals surface area contributed by atoms with E-state index >= 15 is 0 Å². The van der Waals surface area contributed by atoms with E-state index in [0.29, 0.717) is 37.5 Å². The molecule has 0 radical (unpaired) electrons. The first-order valence-electron chi connectivity index (χ1n) is 10.2. The number of hydrogen-bond acceptors (Lipinski definition) is 6. The summed E-state index contributed by atoms with van der Waals surface area (Å²) in [6, 6.07) is 7.42. The van der Waals surface area contributed by atoms with E-state index < -0.39 is 10.0 Å². The summed E-state index contributed by atoms with van der Waals surface area (Å²) in [6.45, 7) is 4.79. The highest BCUT2D eigenvalue weighted by Crippen LogP contribution is 2.37. The number of nitrogens with zero attached hydrogens (tertiary/aromatic N) is 2. The lowest BCUT2D eigenvalue weighted by molar-refractivity contribution is -0.130. The molecule has 0 spiro atoms. The van der Waals surface area contributed by atoms with Crippen LogP contribution in [0.3, 0.4) is 0 Å². The molecule has 1 N–H and O–H groups in total. The van der Waals surface area contributed by atoms with Crippen LogP contribution in [0.1, 0.15) is 22.8 Å². The Hall–Kier alpha value is -2.98. The predicted molar refractivity (Wildman–Crippen MR) is 125 cm³/mol. The van der Waals surface area contributed by atoms with E-state index in [1.54, 1.807) is 28.9 Å². The number of sulfonamides is 1. The molecule has 3 rings (SSSR count). The minimum Gasteiger partial charge on any atom is -0.495 e. The van der Waals surface area contributed by atoms with Crippen LogP contribution in [-0.2, 0) is 14.8 Å². The Bertz CT molecular complexity index is 1180. The van der Waals surface area contributed by atoms with Gasteiger partial charge < -0.3 is 19.3 Å². The highest BCUT2D eigenvalue weighted by molar-refractivity contribution is 7.92. The maximum absolute atomic E-state index is 13.2. The molecule has 9 nitrogen and oxygen atoms in total. The van der Waals surface area contributed by atoms with Crippen molar-refractivity contribution in [2.75, 3.05) is 45.1 Å². The molecule has 11 heteroatoms. The SMILES string of the molecule is COc1cc(OC)c(NS(=O)(=O)c2cc(C(=O)N3CCN(C(C)=O)CC3)ccc2C)cc1Cl. The zero-order chi connectivity index (χ0) is 24.3. The van der Waals surface area contributed by atoms with Gasteiger partial charge in [-0.3, -0.25) is 14.3 Å². The molecular formula is C22H26ClN3O6S. The summed E-state index contributed by atoms with van der Waals surface area (Å²) in [6.07, 6.45) is 0. The highest BCUT2D eigenvalue weighted by Gasteiger charge is 2.26. The zero-order valence-electron chi connectivity index (χ0n) is 18.8. The lowest BCUT2D eigenvalue weighted by atomic mass is 10.1. The third-order valence-corrected chi connectivity index (χ3v) is 7.26. The fraction of sp³-hybridized carbons (Fsp3) is 0.364. The number of carbonyl (C=O) groups is 2. The minimum absolute atomic E-state index is 0.0362. The van der Waals surface area contributed by atoms with Crippen molar-refractivity contribution in [3.8, 4) is 11.5 Å². The van der Waals surface area contributed by atoms with Crippen molar-refractivity contribution < 1.29 is 27.5 Å². The van der Waals surface area contributed by atoms with Crippen molar-refractivity contribution >= 4 is 39.1 Å². The van der Waals surface area contributed by atoms with E-state index in [2.05, 4.69) is 4.72 Å². The topological polar surface area (TPSA) is 105 Å². The van der Waals surface area contributed by atoms with E-state index in [4.69, 9.17) is 21.1 Å². The van der Waals surface area contributed by atoms with Crippen molar-refractivity contribution in [3.05, 3.63) is 46.5 Å². The first kappa shape index (κ1) is 24.7. The standard InChI is InChI=1S/C22H26ClN3O6S/c1-14-5-6-16(22(28)26-9-7-25(8-10-26)15(2)27)11-21(14)33(29,30)24-18-12-17(23)19(31-3)13-20(18)32-4/h5-6,11-13,24H,7-10H2,1-4H3. The number of ether oxygens (including phenoxy) is 2. The maximum Gasteiger partial charge on any atom is 0.262 e. The van der Waals surface area contributed by atoms with Gasteiger partial charge in [0, 0.05) is 44.7 Å². The van der Waals surface area contributed by atoms with Crippen LogP contribution in [0.15, 0.2) is 35.2 Å². The lowest BCUT2D eigenvalue weighted by Gasteiger charge is -2.34. The summed E-state index contributed by atoms with van der Waals surface area (Å²) in [5.74, 6) is 0.240. The number of amides is 2. The summed E-state index contributed by atoms with van der Waals surface area (Å²) in [5.41, 5.74) is 0.857. The third kappa shape index (κ3) is 5.33. The molecule has 33 heavy (non-hydrogen) atoms. The molecule has 0 bridgehead atoms. The summed E-state index contributed by atoms with van der Waals surface area (Å²) in [4.78, 5) is 27.8. The number of hydrogen-bond donors (Lipinski definition) is 1. The first-order chi connectivity index (χ1) is 15.6. The zero-order valence-corrected chi connectivity index (χ0v) is 20.4. The molecule has 1 heterocycles. The largest absolute Gasteiger partial charge is 0.495 e. The van der Waals surface area contributed by atoms with Gasteiger partial charge in [0.2, 0.25) is 5.91 Å². The second-order valence-electron chi connectivity index (χ2n) is 7.57. The number of aryl methyl sites for hydroxylation is 1. The van der Waals surface area contributed by atoms with Gasteiger partial charge in [-0.15, -0.1) is 0 Å². The van der Waals surface area contributed by atoms with Crippen LogP contribution in [0.5, 0.6) is 11.5 Å². The first-order valence-corrected chi connectivity index (χ1v) is 12.0. The molecule has 2 aromatic rings. The number of nitrogens with one attached hydrogen (secondary N) is 1. The molecule has 2 aromatic carbocycles. The summed E-state index contributed by atoms with van der Waals surface area (Å²) >= 11 is 6.16. The Morgan fingerprint density at radius 1 is 0.970 bits per heavy atom. The van der Waals surface area contributed by atoms with E-state index in [9.17, 15) is 18.0 Å². The number of methoxy groups -OCH3 is 2. The molecule has 0 saturated carbocycles. The highest BCUT2D eigenvalue weighted by atomic mass is 35.5. The summed E-state index contributed by atoms with van der Waals surface area (Å²) in [5, 5.41) is 0.210. The Morgan fingerprint density at radius 2 is 1.58 bits per heavy atom. The van der Waals surface area contributed by atoms with Gasteiger partial charge in [-0.1, -0.05) is 17.7 Å². The quantitative estimate of drug-likeness (QED) is 0.660. The van der Waals surface area contributed by atoms with E-state index in [0.717, 1.165) is 0 Å². The number of piperazine rings is 1. The van der Waals surface area contributed by atoms with Crippen LogP contribution >= 0.6 is 11.6 Å². The van der Waals surface area contributed by atoms with Crippen molar-refractivity contribution in [2.24, 2.45) is 0 Å². The van der Waals surface area contributed by atoms with Crippen LogP contribution in [0.4, 0.5) is 5.69 Å². The van der Waals surface area contributed by atoms with Gasteiger partial charge in [-0.25, -0.2) is 8.42 Å². The maximum atomic E-state index is 13.2. The van der Waals surface area contributed by atoms with Gasteiger partial charge in [-0.2, -0.15) is 0 Å². The molecular weight excluding hydrogens is 470 g/mol. The van der Waals surface area contributed by atoms with E-state index in [1.165, 1.54) is 39.3 Å². The van der Waals surface area contributed by atoms with Crippen LogP contribution in [-0.4, -0.2) is 70.4 Å². The van der Waals surface area contributed by atoms with Gasteiger partial charge in [0.15, 0.2) is 0 Å². The van der Waals surface area contributed by atoms with Gasteiger partial charge in [0.1, 0.15) is 11.5 Å². The average Bonchev–Trinajstić information content (AvgIpc) is 2.78. The monoisotopic (exact) mass is 495 g/mol. The average molecular weight is 496 g/mol. The Balaban J connectivity index is 1.88. The molecule has 0 atom stereocenters. The fourth-order valence-corrected chi connectivity index (χ4v) is 5.14. The van der Waals surface area contributed by atoms with Crippen molar-refractivity contribution in [3.63, 3.8) is 0 Å². The molecule has 1 aliphatic rings. The number of carbonyl (C=O) groups excluding carboxylic acids is 2. The predicted octanol–water partition coefficient (Wildman–Crippen LogP) is 2.77. The molecule has 1 saturated heterocycles. The molecule has 0 unspecified atom stereocenters. The van der Waals surface area contributed by atoms with E-state index in [-0.39, 0.29) is 38.7 Å². The number of anilines is 1. The van der Waals surface area contributed by atoms with E-state index in [1.807, 2.05) is 0 Å². The Kier molecular flexibility index (Phi) is 7.38. The van der Waals surface area contributed by atoms with Crippen LogP contribution in [0, 0.1) is 6.92 Å². The van der Waals surface area contributed by atoms with Crippen molar-refractivity contribution in [1.82, 2.24) is 9.80 Å². The van der Waals surface area contributed by atoms with Crippen LogP contribution < -0.4 is 14.2 Å². The molecule has 1 fully saturated rings.